The maximum Gasteiger partial charge on any atom is 0.242 e. The van der Waals surface area contributed by atoms with Crippen LogP contribution in [-0.2, 0) is 24.3 Å². The first-order chi connectivity index (χ1) is 11.5. The van der Waals surface area contributed by atoms with Crippen LogP contribution in [0.5, 0.6) is 0 Å². The number of aryl methyl sites for hydroxylation is 1. The standard InChI is InChI=1S/C18H21FN4O/c1-4-16-11(2)22-23(12(16)3)10-18(24)20-9-15-8-13-7-14(19)5-6-17(13)21-15/h5-8,21H,4,9-10H2,1-3H3,(H,20,24). The van der Waals surface area contributed by atoms with E-state index in [-0.39, 0.29) is 18.3 Å². The van der Waals surface area contributed by atoms with Crippen molar-refractivity contribution in [3.63, 3.8) is 0 Å². The van der Waals surface area contributed by atoms with E-state index < -0.39 is 0 Å². The third-order valence-corrected chi connectivity index (χ3v) is 4.29. The zero-order chi connectivity index (χ0) is 17.3. The highest BCUT2D eigenvalue weighted by atomic mass is 19.1. The number of hydrogen-bond donors (Lipinski definition) is 2. The van der Waals surface area contributed by atoms with Crippen molar-refractivity contribution in [1.82, 2.24) is 20.1 Å². The molecule has 6 heteroatoms. The largest absolute Gasteiger partial charge is 0.357 e. The zero-order valence-electron chi connectivity index (χ0n) is 14.1. The van der Waals surface area contributed by atoms with Crippen LogP contribution in [-0.4, -0.2) is 20.7 Å². The van der Waals surface area contributed by atoms with Crippen LogP contribution >= 0.6 is 0 Å². The summed E-state index contributed by atoms with van der Waals surface area (Å²) in [7, 11) is 0. The van der Waals surface area contributed by atoms with Crippen molar-refractivity contribution in [2.24, 2.45) is 0 Å². The van der Waals surface area contributed by atoms with E-state index in [2.05, 4.69) is 22.3 Å². The van der Waals surface area contributed by atoms with E-state index in [1.54, 1.807) is 10.7 Å². The highest BCUT2D eigenvalue weighted by Crippen LogP contribution is 2.16. The molecule has 0 spiro atoms. The van der Waals surface area contributed by atoms with Gasteiger partial charge in [-0.15, -0.1) is 0 Å². The average Bonchev–Trinajstić information content (AvgIpc) is 3.05. The summed E-state index contributed by atoms with van der Waals surface area (Å²) in [4.78, 5) is 15.3. The number of carbonyl (C=O) groups is 1. The van der Waals surface area contributed by atoms with Gasteiger partial charge in [-0.25, -0.2) is 4.39 Å². The Hall–Kier alpha value is -2.63. The molecule has 0 fully saturated rings. The number of H-pyrrole nitrogens is 1. The van der Waals surface area contributed by atoms with Crippen LogP contribution in [0.4, 0.5) is 4.39 Å². The lowest BCUT2D eigenvalue weighted by atomic mass is 10.1. The average molecular weight is 328 g/mol. The number of amides is 1. The number of aromatic nitrogens is 3. The predicted octanol–water partition coefficient (Wildman–Crippen LogP) is 3.00. The third-order valence-electron chi connectivity index (χ3n) is 4.29. The number of benzene rings is 1. The molecule has 0 unspecified atom stereocenters. The number of fused-ring (bicyclic) bond motifs is 1. The molecule has 24 heavy (non-hydrogen) atoms. The predicted molar refractivity (Wildman–Crippen MR) is 91.2 cm³/mol. The van der Waals surface area contributed by atoms with Crippen LogP contribution in [0.2, 0.25) is 0 Å². The second kappa shape index (κ2) is 6.47. The summed E-state index contributed by atoms with van der Waals surface area (Å²) in [5.41, 5.74) is 4.89. The number of nitrogens with zero attached hydrogens (tertiary/aromatic N) is 2. The molecular weight excluding hydrogens is 307 g/mol. The smallest absolute Gasteiger partial charge is 0.242 e. The summed E-state index contributed by atoms with van der Waals surface area (Å²) in [5.74, 6) is -0.374. The van der Waals surface area contributed by atoms with E-state index in [0.29, 0.717) is 6.54 Å². The molecule has 0 aliphatic rings. The van der Waals surface area contributed by atoms with Crippen molar-refractivity contribution in [1.29, 1.82) is 0 Å². The number of rotatable bonds is 5. The van der Waals surface area contributed by atoms with Crippen LogP contribution < -0.4 is 5.32 Å². The summed E-state index contributed by atoms with van der Waals surface area (Å²) in [5, 5.41) is 8.10. The molecule has 0 atom stereocenters. The Bertz CT molecular complexity index is 894. The summed E-state index contributed by atoms with van der Waals surface area (Å²) in [6.07, 6.45) is 0.908. The van der Waals surface area contributed by atoms with Gasteiger partial charge in [-0.05, 0) is 50.1 Å². The van der Waals surface area contributed by atoms with Crippen LogP contribution in [0, 0.1) is 19.7 Å². The Morgan fingerprint density at radius 1 is 1.33 bits per heavy atom. The Kier molecular flexibility index (Phi) is 4.38. The van der Waals surface area contributed by atoms with Gasteiger partial charge >= 0.3 is 0 Å². The molecule has 3 rings (SSSR count). The summed E-state index contributed by atoms with van der Waals surface area (Å²) in [6, 6.07) is 6.42. The maximum atomic E-state index is 13.2. The fourth-order valence-corrected chi connectivity index (χ4v) is 3.04. The number of halogens is 1. The molecular formula is C18H21FN4O. The number of nitrogens with one attached hydrogen (secondary N) is 2. The van der Waals surface area contributed by atoms with Gasteiger partial charge in [-0.1, -0.05) is 6.92 Å². The van der Waals surface area contributed by atoms with Gasteiger partial charge < -0.3 is 10.3 Å². The SMILES string of the molecule is CCc1c(C)nn(CC(=O)NCc2cc3cc(F)ccc3[nH]2)c1C. The highest BCUT2D eigenvalue weighted by molar-refractivity contribution is 5.81. The molecule has 126 valence electrons. The topological polar surface area (TPSA) is 62.7 Å². The summed E-state index contributed by atoms with van der Waals surface area (Å²) < 4.78 is 15.0. The van der Waals surface area contributed by atoms with E-state index in [0.717, 1.165) is 34.4 Å². The summed E-state index contributed by atoms with van der Waals surface area (Å²) >= 11 is 0. The van der Waals surface area contributed by atoms with Crippen LogP contribution in [0.1, 0.15) is 29.6 Å². The molecule has 2 heterocycles. The minimum Gasteiger partial charge on any atom is -0.357 e. The Morgan fingerprint density at radius 3 is 2.83 bits per heavy atom. The molecule has 0 aliphatic heterocycles. The highest BCUT2D eigenvalue weighted by Gasteiger charge is 2.12. The van der Waals surface area contributed by atoms with E-state index in [9.17, 15) is 9.18 Å². The minimum absolute atomic E-state index is 0.104. The van der Waals surface area contributed by atoms with Crippen LogP contribution in [0.15, 0.2) is 24.3 Å². The van der Waals surface area contributed by atoms with E-state index >= 15 is 0 Å². The number of hydrogen-bond acceptors (Lipinski definition) is 2. The van der Waals surface area contributed by atoms with E-state index in [4.69, 9.17) is 0 Å². The van der Waals surface area contributed by atoms with Gasteiger partial charge in [0.15, 0.2) is 0 Å². The van der Waals surface area contributed by atoms with E-state index in [1.165, 1.54) is 17.7 Å². The van der Waals surface area contributed by atoms with Crippen molar-refractivity contribution in [2.45, 2.75) is 40.3 Å². The monoisotopic (exact) mass is 328 g/mol. The Morgan fingerprint density at radius 2 is 2.12 bits per heavy atom. The lowest BCUT2D eigenvalue weighted by Gasteiger charge is -2.06. The molecule has 0 saturated heterocycles. The first kappa shape index (κ1) is 16.2. The van der Waals surface area contributed by atoms with Gasteiger partial charge in [-0.3, -0.25) is 9.48 Å². The van der Waals surface area contributed by atoms with Crippen molar-refractivity contribution in [3.8, 4) is 0 Å². The van der Waals surface area contributed by atoms with Gasteiger partial charge in [0, 0.05) is 22.3 Å². The first-order valence-electron chi connectivity index (χ1n) is 8.04. The fourth-order valence-electron chi connectivity index (χ4n) is 3.04. The fraction of sp³-hybridized carbons (Fsp3) is 0.333. The van der Waals surface area contributed by atoms with E-state index in [1.807, 2.05) is 19.9 Å². The lowest BCUT2D eigenvalue weighted by Crippen LogP contribution is -2.28. The third kappa shape index (κ3) is 3.18. The Labute approximate surface area is 139 Å². The quantitative estimate of drug-likeness (QED) is 0.756. The zero-order valence-corrected chi connectivity index (χ0v) is 14.1. The molecule has 0 saturated carbocycles. The molecule has 2 N–H and O–H groups in total. The number of carbonyl (C=O) groups excluding carboxylic acids is 1. The van der Waals surface area contributed by atoms with Crippen molar-refractivity contribution < 1.29 is 9.18 Å². The molecule has 0 bridgehead atoms. The van der Waals surface area contributed by atoms with Crippen molar-refractivity contribution in [3.05, 3.63) is 52.7 Å². The molecule has 5 nitrogen and oxygen atoms in total. The summed E-state index contributed by atoms with van der Waals surface area (Å²) in [6.45, 7) is 6.60. The van der Waals surface area contributed by atoms with Gasteiger partial charge in [0.1, 0.15) is 12.4 Å². The molecule has 0 aliphatic carbocycles. The van der Waals surface area contributed by atoms with Gasteiger partial charge in [0.05, 0.1) is 12.2 Å². The van der Waals surface area contributed by atoms with Gasteiger partial charge in [-0.2, -0.15) is 5.10 Å². The Balaban J connectivity index is 1.64. The molecule has 1 aromatic carbocycles. The normalized spacial score (nSPS) is 11.2. The molecule has 2 aromatic heterocycles. The minimum atomic E-state index is -0.270. The van der Waals surface area contributed by atoms with Crippen molar-refractivity contribution in [2.75, 3.05) is 0 Å². The number of aromatic amines is 1. The van der Waals surface area contributed by atoms with Crippen molar-refractivity contribution >= 4 is 16.8 Å². The molecule has 1 amide bonds. The maximum absolute atomic E-state index is 13.2. The van der Waals surface area contributed by atoms with Gasteiger partial charge in [0.2, 0.25) is 5.91 Å². The molecule has 3 aromatic rings. The first-order valence-corrected chi connectivity index (χ1v) is 8.04. The molecule has 0 radical (unpaired) electrons. The second-order valence-electron chi connectivity index (χ2n) is 5.96. The van der Waals surface area contributed by atoms with Crippen LogP contribution in [0.3, 0.4) is 0 Å². The van der Waals surface area contributed by atoms with Crippen LogP contribution in [0.25, 0.3) is 10.9 Å². The lowest BCUT2D eigenvalue weighted by molar-refractivity contribution is -0.122. The second-order valence-corrected chi connectivity index (χ2v) is 5.96. The van der Waals surface area contributed by atoms with Gasteiger partial charge in [0.25, 0.3) is 0 Å².